The maximum Gasteiger partial charge on any atom is 0.147 e. The Kier molecular flexibility index (Phi) is 3.14. The lowest BCUT2D eigenvalue weighted by Crippen LogP contribution is -2.39. The van der Waals surface area contributed by atoms with Crippen molar-refractivity contribution in [1.29, 1.82) is 0 Å². The fourth-order valence-electron chi connectivity index (χ4n) is 2.06. The van der Waals surface area contributed by atoms with Crippen LogP contribution in [0.25, 0.3) is 0 Å². The van der Waals surface area contributed by atoms with Gasteiger partial charge in [0.1, 0.15) is 11.9 Å². The highest BCUT2D eigenvalue weighted by atomic mass is 16.5. The first-order chi connectivity index (χ1) is 8.93. The minimum absolute atomic E-state index is 0.00181. The summed E-state index contributed by atoms with van der Waals surface area (Å²) in [5.41, 5.74) is 0.964. The minimum Gasteiger partial charge on any atom is -0.368 e. The molecule has 2 aromatic rings. The van der Waals surface area contributed by atoms with E-state index in [1.54, 1.807) is 24.8 Å². The molecule has 1 unspecified atom stereocenters. The maximum absolute atomic E-state index is 5.76. The van der Waals surface area contributed by atoms with E-state index in [1.165, 1.54) is 0 Å². The summed E-state index contributed by atoms with van der Waals surface area (Å²) >= 11 is 0. The number of rotatable bonds is 2. The van der Waals surface area contributed by atoms with Crippen molar-refractivity contribution in [3.05, 3.63) is 48.7 Å². The lowest BCUT2D eigenvalue weighted by Gasteiger charge is -2.33. The SMILES string of the molecule is c1ccc(C2CN(c3cnccn3)CCO2)nc1. The van der Waals surface area contributed by atoms with Gasteiger partial charge in [-0.1, -0.05) is 6.07 Å². The number of hydrogen-bond acceptors (Lipinski definition) is 5. The van der Waals surface area contributed by atoms with E-state index < -0.39 is 0 Å². The molecule has 1 aliphatic rings. The summed E-state index contributed by atoms with van der Waals surface area (Å²) in [5, 5.41) is 0. The number of pyridine rings is 1. The van der Waals surface area contributed by atoms with Gasteiger partial charge in [0.25, 0.3) is 0 Å². The summed E-state index contributed by atoms with van der Waals surface area (Å²) in [6, 6.07) is 5.88. The Morgan fingerprint density at radius 1 is 1.17 bits per heavy atom. The van der Waals surface area contributed by atoms with Crippen molar-refractivity contribution in [2.75, 3.05) is 24.6 Å². The molecule has 1 saturated heterocycles. The van der Waals surface area contributed by atoms with E-state index in [1.807, 2.05) is 18.2 Å². The molecule has 0 spiro atoms. The molecule has 0 amide bonds. The molecule has 18 heavy (non-hydrogen) atoms. The smallest absolute Gasteiger partial charge is 0.147 e. The van der Waals surface area contributed by atoms with Crippen LogP contribution in [0.15, 0.2) is 43.0 Å². The molecule has 2 aromatic heterocycles. The van der Waals surface area contributed by atoms with Crippen LogP contribution in [-0.2, 0) is 4.74 Å². The molecule has 3 heterocycles. The highest BCUT2D eigenvalue weighted by Crippen LogP contribution is 2.22. The number of ether oxygens (including phenoxy) is 1. The fourth-order valence-corrected chi connectivity index (χ4v) is 2.06. The van der Waals surface area contributed by atoms with Crippen molar-refractivity contribution in [3.63, 3.8) is 0 Å². The molecule has 0 bridgehead atoms. The zero-order chi connectivity index (χ0) is 12.2. The largest absolute Gasteiger partial charge is 0.368 e. The van der Waals surface area contributed by atoms with Gasteiger partial charge in [0.15, 0.2) is 0 Å². The summed E-state index contributed by atoms with van der Waals surface area (Å²) in [6.07, 6.45) is 6.96. The monoisotopic (exact) mass is 242 g/mol. The van der Waals surface area contributed by atoms with Crippen LogP contribution in [-0.4, -0.2) is 34.6 Å². The molecule has 1 fully saturated rings. The quantitative estimate of drug-likeness (QED) is 0.797. The Morgan fingerprint density at radius 3 is 2.94 bits per heavy atom. The first kappa shape index (κ1) is 11.1. The van der Waals surface area contributed by atoms with Gasteiger partial charge in [-0.2, -0.15) is 0 Å². The average molecular weight is 242 g/mol. The average Bonchev–Trinajstić information content (AvgIpc) is 2.49. The van der Waals surface area contributed by atoms with E-state index in [4.69, 9.17) is 4.74 Å². The van der Waals surface area contributed by atoms with Crippen LogP contribution in [0.1, 0.15) is 11.8 Å². The van der Waals surface area contributed by atoms with Gasteiger partial charge in [-0.05, 0) is 12.1 Å². The molecule has 0 N–H and O–H groups in total. The van der Waals surface area contributed by atoms with Crippen LogP contribution in [0, 0.1) is 0 Å². The minimum atomic E-state index is 0.00181. The van der Waals surface area contributed by atoms with Crippen LogP contribution < -0.4 is 4.90 Å². The van der Waals surface area contributed by atoms with Crippen LogP contribution >= 0.6 is 0 Å². The summed E-state index contributed by atoms with van der Waals surface area (Å²) < 4.78 is 5.76. The Labute approximate surface area is 105 Å². The van der Waals surface area contributed by atoms with Crippen molar-refractivity contribution in [2.24, 2.45) is 0 Å². The van der Waals surface area contributed by atoms with Crippen LogP contribution in [0.5, 0.6) is 0 Å². The Balaban J connectivity index is 1.77. The van der Waals surface area contributed by atoms with Gasteiger partial charge in [0, 0.05) is 25.1 Å². The molecule has 3 rings (SSSR count). The van der Waals surface area contributed by atoms with Crippen LogP contribution in [0.4, 0.5) is 5.82 Å². The first-order valence-corrected chi connectivity index (χ1v) is 5.97. The first-order valence-electron chi connectivity index (χ1n) is 5.97. The number of hydrogen-bond donors (Lipinski definition) is 0. The second-order valence-electron chi connectivity index (χ2n) is 4.12. The third-order valence-corrected chi connectivity index (χ3v) is 2.96. The van der Waals surface area contributed by atoms with Gasteiger partial charge < -0.3 is 9.64 Å². The molecule has 92 valence electrons. The molecule has 0 aromatic carbocycles. The van der Waals surface area contributed by atoms with Crippen LogP contribution in [0.2, 0.25) is 0 Å². The molecule has 1 atom stereocenters. The summed E-state index contributed by atoms with van der Waals surface area (Å²) in [4.78, 5) is 14.9. The van der Waals surface area contributed by atoms with Gasteiger partial charge in [-0.15, -0.1) is 0 Å². The van der Waals surface area contributed by atoms with Gasteiger partial charge in [-0.3, -0.25) is 9.97 Å². The van der Waals surface area contributed by atoms with E-state index in [9.17, 15) is 0 Å². The molecular formula is C13H14N4O. The Morgan fingerprint density at radius 2 is 2.17 bits per heavy atom. The van der Waals surface area contributed by atoms with Crippen LogP contribution in [0.3, 0.4) is 0 Å². The normalized spacial score (nSPS) is 19.8. The third-order valence-electron chi connectivity index (χ3n) is 2.96. The number of nitrogens with zero attached hydrogens (tertiary/aromatic N) is 4. The van der Waals surface area contributed by atoms with E-state index in [2.05, 4.69) is 19.9 Å². The van der Waals surface area contributed by atoms with Crippen molar-refractivity contribution >= 4 is 5.82 Å². The van der Waals surface area contributed by atoms with E-state index in [0.717, 1.165) is 24.6 Å². The number of morpholine rings is 1. The zero-order valence-electron chi connectivity index (χ0n) is 9.94. The van der Waals surface area contributed by atoms with E-state index in [0.29, 0.717) is 6.61 Å². The van der Waals surface area contributed by atoms with Gasteiger partial charge in [0.2, 0.25) is 0 Å². The van der Waals surface area contributed by atoms with Crippen molar-refractivity contribution in [1.82, 2.24) is 15.0 Å². The fraction of sp³-hybridized carbons (Fsp3) is 0.308. The van der Waals surface area contributed by atoms with E-state index in [-0.39, 0.29) is 6.10 Å². The number of aromatic nitrogens is 3. The van der Waals surface area contributed by atoms with Gasteiger partial charge in [-0.25, -0.2) is 4.98 Å². The molecule has 5 nitrogen and oxygen atoms in total. The maximum atomic E-state index is 5.76. The summed E-state index contributed by atoms with van der Waals surface area (Å²) in [7, 11) is 0. The standard InChI is InChI=1S/C13H14N4O/c1-2-4-15-11(3-1)12-10-17(7-8-18-12)13-9-14-5-6-16-13/h1-6,9,12H,7-8,10H2. The molecular weight excluding hydrogens is 228 g/mol. The lowest BCUT2D eigenvalue weighted by molar-refractivity contribution is 0.0367. The summed E-state index contributed by atoms with van der Waals surface area (Å²) in [5.74, 6) is 0.890. The zero-order valence-corrected chi connectivity index (χ0v) is 9.94. The van der Waals surface area contributed by atoms with Crippen molar-refractivity contribution in [3.8, 4) is 0 Å². The van der Waals surface area contributed by atoms with Crippen molar-refractivity contribution < 1.29 is 4.74 Å². The predicted molar refractivity (Wildman–Crippen MR) is 67.2 cm³/mol. The second-order valence-corrected chi connectivity index (χ2v) is 4.12. The summed E-state index contributed by atoms with van der Waals surface area (Å²) in [6.45, 7) is 2.27. The lowest BCUT2D eigenvalue weighted by atomic mass is 10.2. The highest BCUT2D eigenvalue weighted by Gasteiger charge is 2.23. The van der Waals surface area contributed by atoms with Gasteiger partial charge >= 0.3 is 0 Å². The molecule has 0 radical (unpaired) electrons. The molecule has 0 aliphatic carbocycles. The topological polar surface area (TPSA) is 51.1 Å². The predicted octanol–water partition coefficient (Wildman–Crippen LogP) is 1.45. The third kappa shape index (κ3) is 2.31. The van der Waals surface area contributed by atoms with Gasteiger partial charge in [0.05, 0.1) is 25.0 Å². The van der Waals surface area contributed by atoms with Crippen molar-refractivity contribution in [2.45, 2.75) is 6.10 Å². The molecule has 1 aliphatic heterocycles. The Bertz CT molecular complexity index is 445. The molecule has 0 saturated carbocycles. The highest BCUT2D eigenvalue weighted by molar-refractivity contribution is 5.36. The van der Waals surface area contributed by atoms with E-state index >= 15 is 0 Å². The molecule has 5 heteroatoms. The number of anilines is 1. The second kappa shape index (κ2) is 5.10. The Hall–Kier alpha value is -2.01.